The van der Waals surface area contributed by atoms with Gasteiger partial charge in [0.25, 0.3) is 0 Å². The normalized spacial score (nSPS) is 14.9. The monoisotopic (exact) mass is 260 g/mol. The van der Waals surface area contributed by atoms with Crippen LogP contribution in [-0.2, 0) is 23.3 Å². The first-order valence-electron chi connectivity index (χ1n) is 5.32. The first kappa shape index (κ1) is 14.1. The highest BCUT2D eigenvalue weighted by Crippen LogP contribution is 2.22. The Labute approximate surface area is 102 Å². The lowest BCUT2D eigenvalue weighted by molar-refractivity contribution is 0.409. The van der Waals surface area contributed by atoms with Crippen LogP contribution >= 0.6 is 0 Å². The highest BCUT2D eigenvalue weighted by molar-refractivity contribution is 7.92. The van der Waals surface area contributed by atoms with Crippen molar-refractivity contribution in [3.63, 3.8) is 0 Å². The molecule has 0 saturated carbocycles. The highest BCUT2D eigenvalue weighted by atomic mass is 32.2. The molecule has 0 aromatic carbocycles. The Morgan fingerprint density at radius 3 is 2.53 bits per heavy atom. The minimum Gasteiger partial charge on any atom is -0.276 e. The van der Waals surface area contributed by atoms with Crippen LogP contribution in [0.5, 0.6) is 0 Å². The number of aryl methyl sites for hydroxylation is 1. The average molecular weight is 260 g/mol. The molecule has 98 valence electrons. The lowest BCUT2D eigenvalue weighted by atomic mass is 9.99. The van der Waals surface area contributed by atoms with Crippen molar-refractivity contribution in [1.29, 1.82) is 0 Å². The van der Waals surface area contributed by atoms with Crippen LogP contribution in [0.3, 0.4) is 0 Å². The lowest BCUT2D eigenvalue weighted by Crippen LogP contribution is -2.55. The maximum absolute atomic E-state index is 11.7. The number of nitrogens with one attached hydrogen (secondary N) is 1. The molecular formula is C10H20N4O2S. The largest absolute Gasteiger partial charge is 0.276 e. The first-order chi connectivity index (χ1) is 7.68. The minimum atomic E-state index is -3.20. The molecule has 1 heterocycles. The van der Waals surface area contributed by atoms with Gasteiger partial charge in [0.15, 0.2) is 9.84 Å². The summed E-state index contributed by atoms with van der Waals surface area (Å²) in [6.07, 6.45) is 3.50. The van der Waals surface area contributed by atoms with Crippen molar-refractivity contribution in [3.05, 3.63) is 18.0 Å². The number of hydrogen-bond acceptors (Lipinski definition) is 5. The smallest absolute Gasteiger partial charge is 0.154 e. The van der Waals surface area contributed by atoms with Gasteiger partial charge < -0.3 is 0 Å². The average Bonchev–Trinajstić information content (AvgIpc) is 2.58. The predicted molar refractivity (Wildman–Crippen MR) is 66.9 cm³/mol. The zero-order chi connectivity index (χ0) is 13.3. The molecule has 0 fully saturated rings. The first-order valence-corrected chi connectivity index (χ1v) is 7.22. The molecule has 0 radical (unpaired) electrons. The molecule has 0 amide bonds. The lowest BCUT2D eigenvalue weighted by Gasteiger charge is -2.31. The Morgan fingerprint density at radius 1 is 1.59 bits per heavy atom. The number of nitrogens with zero attached hydrogens (tertiary/aromatic N) is 2. The Hall–Kier alpha value is -0.920. The third-order valence-electron chi connectivity index (χ3n) is 3.18. The van der Waals surface area contributed by atoms with Gasteiger partial charge in [-0.05, 0) is 19.9 Å². The Balaban J connectivity index is 2.93. The minimum absolute atomic E-state index is 0.382. The molecule has 0 spiro atoms. The molecule has 3 N–H and O–H groups in total. The summed E-state index contributed by atoms with van der Waals surface area (Å²) in [6, 6.07) is 1.47. The van der Waals surface area contributed by atoms with E-state index in [0.717, 1.165) is 5.69 Å². The van der Waals surface area contributed by atoms with E-state index in [1.165, 1.54) is 6.26 Å². The van der Waals surface area contributed by atoms with Crippen molar-refractivity contribution in [2.24, 2.45) is 12.9 Å². The molecular weight excluding hydrogens is 240 g/mol. The fourth-order valence-electron chi connectivity index (χ4n) is 1.54. The van der Waals surface area contributed by atoms with Crippen molar-refractivity contribution >= 4 is 9.84 Å². The van der Waals surface area contributed by atoms with Gasteiger partial charge in [-0.15, -0.1) is 0 Å². The molecule has 1 rings (SSSR count). The summed E-state index contributed by atoms with van der Waals surface area (Å²) in [6.45, 7) is 3.32. The van der Waals surface area contributed by atoms with Gasteiger partial charge >= 0.3 is 0 Å². The van der Waals surface area contributed by atoms with Gasteiger partial charge in [0.05, 0.1) is 10.4 Å². The van der Waals surface area contributed by atoms with E-state index < -0.39 is 14.6 Å². The Kier molecular flexibility index (Phi) is 3.95. The summed E-state index contributed by atoms with van der Waals surface area (Å²) in [7, 11) is -1.39. The van der Waals surface area contributed by atoms with E-state index in [0.29, 0.717) is 6.42 Å². The molecule has 7 heteroatoms. The van der Waals surface area contributed by atoms with Gasteiger partial charge in [-0.3, -0.25) is 16.0 Å². The second kappa shape index (κ2) is 4.75. The number of rotatable bonds is 5. The second-order valence-corrected chi connectivity index (χ2v) is 7.38. The van der Waals surface area contributed by atoms with E-state index in [1.807, 2.05) is 19.3 Å². The molecule has 0 aliphatic rings. The molecule has 0 aliphatic heterocycles. The SMILES string of the molecule is Cn1ccc(CC(NN)C(C)(C)S(C)(=O)=O)n1. The van der Waals surface area contributed by atoms with Crippen LogP contribution < -0.4 is 11.3 Å². The van der Waals surface area contributed by atoms with E-state index in [1.54, 1.807) is 18.5 Å². The van der Waals surface area contributed by atoms with Gasteiger partial charge in [-0.2, -0.15) is 5.10 Å². The number of aromatic nitrogens is 2. The summed E-state index contributed by atoms with van der Waals surface area (Å²) in [4.78, 5) is 0. The van der Waals surface area contributed by atoms with Gasteiger partial charge in [0, 0.05) is 32.0 Å². The third-order valence-corrected chi connectivity index (χ3v) is 5.37. The van der Waals surface area contributed by atoms with Gasteiger partial charge in [0.1, 0.15) is 0 Å². The van der Waals surface area contributed by atoms with E-state index in [-0.39, 0.29) is 6.04 Å². The van der Waals surface area contributed by atoms with Crippen LogP contribution in [0.15, 0.2) is 12.3 Å². The van der Waals surface area contributed by atoms with Crippen molar-refractivity contribution in [2.75, 3.05) is 6.26 Å². The van der Waals surface area contributed by atoms with Crippen LogP contribution in [0.2, 0.25) is 0 Å². The number of sulfone groups is 1. The summed E-state index contributed by atoms with van der Waals surface area (Å²) in [5, 5.41) is 4.22. The third kappa shape index (κ3) is 3.05. The summed E-state index contributed by atoms with van der Waals surface area (Å²) in [5.41, 5.74) is 3.39. The fourth-order valence-corrected chi connectivity index (χ4v) is 2.21. The summed E-state index contributed by atoms with van der Waals surface area (Å²) < 4.78 is 24.2. The molecule has 1 unspecified atom stereocenters. The maximum atomic E-state index is 11.7. The van der Waals surface area contributed by atoms with Gasteiger partial charge in [0.2, 0.25) is 0 Å². The zero-order valence-electron chi connectivity index (χ0n) is 10.6. The van der Waals surface area contributed by atoms with E-state index in [9.17, 15) is 8.42 Å². The Morgan fingerprint density at radius 2 is 2.18 bits per heavy atom. The predicted octanol–water partition coefficient (Wildman–Crippen LogP) is -0.382. The van der Waals surface area contributed by atoms with E-state index >= 15 is 0 Å². The molecule has 0 bridgehead atoms. The van der Waals surface area contributed by atoms with E-state index in [4.69, 9.17) is 5.84 Å². The van der Waals surface area contributed by atoms with Crippen molar-refractivity contribution < 1.29 is 8.42 Å². The topological polar surface area (TPSA) is 90.0 Å². The van der Waals surface area contributed by atoms with Crippen LogP contribution in [0.4, 0.5) is 0 Å². The van der Waals surface area contributed by atoms with Crippen molar-refractivity contribution in [3.8, 4) is 0 Å². The quantitative estimate of drug-likeness (QED) is 0.556. The van der Waals surface area contributed by atoms with Gasteiger partial charge in [-0.25, -0.2) is 8.42 Å². The van der Waals surface area contributed by atoms with Crippen LogP contribution in [0.25, 0.3) is 0 Å². The zero-order valence-corrected chi connectivity index (χ0v) is 11.5. The molecule has 1 atom stereocenters. The number of nitrogens with two attached hydrogens (primary N) is 1. The second-order valence-electron chi connectivity index (χ2n) is 4.78. The summed E-state index contributed by atoms with van der Waals surface area (Å²) in [5.74, 6) is 5.46. The molecule has 17 heavy (non-hydrogen) atoms. The molecule has 0 aliphatic carbocycles. The van der Waals surface area contributed by atoms with Crippen LogP contribution in [0.1, 0.15) is 19.5 Å². The van der Waals surface area contributed by atoms with Gasteiger partial charge in [-0.1, -0.05) is 0 Å². The van der Waals surface area contributed by atoms with Crippen LogP contribution in [0, 0.1) is 0 Å². The van der Waals surface area contributed by atoms with Crippen molar-refractivity contribution in [1.82, 2.24) is 15.2 Å². The highest BCUT2D eigenvalue weighted by Gasteiger charge is 2.38. The molecule has 1 aromatic rings. The number of hydrogen-bond donors (Lipinski definition) is 2. The standard InChI is InChI=1S/C10H20N4O2S/c1-10(2,17(4,15)16)9(12-11)7-8-5-6-14(3)13-8/h5-6,9,12H,7,11H2,1-4H3. The van der Waals surface area contributed by atoms with Crippen molar-refractivity contribution in [2.45, 2.75) is 31.1 Å². The summed E-state index contributed by atoms with van der Waals surface area (Å²) >= 11 is 0. The van der Waals surface area contributed by atoms with Crippen LogP contribution in [-0.4, -0.2) is 35.2 Å². The Bertz CT molecular complexity index is 478. The molecule has 0 saturated heterocycles. The molecule has 1 aromatic heterocycles. The maximum Gasteiger partial charge on any atom is 0.154 e. The van der Waals surface area contributed by atoms with E-state index in [2.05, 4.69) is 10.5 Å². The number of hydrazine groups is 1. The molecule has 6 nitrogen and oxygen atoms in total. The fraction of sp³-hybridized carbons (Fsp3) is 0.700.